The normalized spacial score (nSPS) is 18.7. The van der Waals surface area contributed by atoms with Gasteiger partial charge in [-0.1, -0.05) is 27.5 Å². The lowest BCUT2D eigenvalue weighted by Gasteiger charge is -2.23. The zero-order valence-corrected chi connectivity index (χ0v) is 13.0. The van der Waals surface area contributed by atoms with Crippen LogP contribution in [0.5, 0.6) is 0 Å². The van der Waals surface area contributed by atoms with E-state index < -0.39 is 0 Å². The number of carbonyl (C=O) groups excluding carboxylic acids is 1. The lowest BCUT2D eigenvalue weighted by Crippen LogP contribution is -2.40. The Morgan fingerprint density at radius 1 is 1.63 bits per heavy atom. The van der Waals surface area contributed by atoms with Crippen LogP contribution in [0.2, 0.25) is 5.02 Å². The fraction of sp³-hybridized carbons (Fsp3) is 0.462. The number of aliphatic hydroxyl groups excluding tert-OH is 1. The summed E-state index contributed by atoms with van der Waals surface area (Å²) in [6, 6.07) is 3.29. The molecule has 2 N–H and O–H groups in total. The van der Waals surface area contributed by atoms with E-state index in [1.807, 2.05) is 6.92 Å². The molecule has 1 aromatic carbocycles. The Kier molecular flexibility index (Phi) is 4.71. The van der Waals surface area contributed by atoms with Crippen LogP contribution < -0.4 is 5.32 Å². The molecular formula is C13H16BrClN2O2. The lowest BCUT2D eigenvalue weighted by atomic mass is 10.2. The number of amides is 2. The number of rotatable bonds is 2. The average molecular weight is 348 g/mol. The fourth-order valence-corrected chi connectivity index (χ4v) is 2.83. The third-order valence-electron chi connectivity index (χ3n) is 3.34. The van der Waals surface area contributed by atoms with Crippen molar-refractivity contribution in [2.75, 3.05) is 18.5 Å². The molecule has 2 amide bonds. The Labute approximate surface area is 125 Å². The number of carbonyl (C=O) groups is 1. The number of hydrogen-bond donors (Lipinski definition) is 2. The Morgan fingerprint density at radius 3 is 3.05 bits per heavy atom. The second-order valence-corrected chi connectivity index (χ2v) is 5.94. The van der Waals surface area contributed by atoms with Crippen LogP contribution in [0.25, 0.3) is 0 Å². The van der Waals surface area contributed by atoms with Gasteiger partial charge in [-0.25, -0.2) is 4.79 Å². The Balaban J connectivity index is 2.13. The molecule has 0 radical (unpaired) electrons. The summed E-state index contributed by atoms with van der Waals surface area (Å²) in [5.41, 5.74) is 1.59. The Bertz CT molecular complexity index is 496. The molecule has 0 bridgehead atoms. The molecule has 0 aliphatic carbocycles. The highest BCUT2D eigenvalue weighted by Crippen LogP contribution is 2.29. The molecular weight excluding hydrogens is 332 g/mol. The summed E-state index contributed by atoms with van der Waals surface area (Å²) in [5.74, 6) is 0. The van der Waals surface area contributed by atoms with Crippen molar-refractivity contribution in [2.45, 2.75) is 25.8 Å². The van der Waals surface area contributed by atoms with E-state index in [-0.39, 0.29) is 18.7 Å². The van der Waals surface area contributed by atoms with Gasteiger partial charge in [-0.05, 0) is 37.5 Å². The number of aryl methyl sites for hydroxylation is 1. The summed E-state index contributed by atoms with van der Waals surface area (Å²) in [7, 11) is 0. The van der Waals surface area contributed by atoms with E-state index in [2.05, 4.69) is 21.2 Å². The first-order valence-corrected chi connectivity index (χ1v) is 7.34. The van der Waals surface area contributed by atoms with Crippen molar-refractivity contribution in [1.82, 2.24) is 4.90 Å². The first kappa shape index (κ1) is 14.6. The molecule has 4 nitrogen and oxygen atoms in total. The van der Waals surface area contributed by atoms with E-state index in [9.17, 15) is 9.90 Å². The van der Waals surface area contributed by atoms with Crippen molar-refractivity contribution in [1.29, 1.82) is 0 Å². The van der Waals surface area contributed by atoms with Gasteiger partial charge >= 0.3 is 6.03 Å². The summed E-state index contributed by atoms with van der Waals surface area (Å²) in [6.07, 6.45) is 1.76. The first-order chi connectivity index (χ1) is 9.02. The molecule has 0 aromatic heterocycles. The number of likely N-dealkylation sites (tertiary alicyclic amines) is 1. The van der Waals surface area contributed by atoms with Gasteiger partial charge in [-0.15, -0.1) is 0 Å². The van der Waals surface area contributed by atoms with Gasteiger partial charge in [0.05, 0.1) is 23.4 Å². The maximum absolute atomic E-state index is 12.2. The quantitative estimate of drug-likeness (QED) is 0.861. The fourth-order valence-electron chi connectivity index (χ4n) is 2.22. The van der Waals surface area contributed by atoms with E-state index in [1.54, 1.807) is 17.0 Å². The molecule has 104 valence electrons. The number of nitrogens with one attached hydrogen (secondary N) is 1. The maximum atomic E-state index is 12.2. The SMILES string of the molecule is Cc1cc(Cl)c(NC(=O)N2CCC[C@H]2CO)cc1Br. The van der Waals surface area contributed by atoms with Gasteiger partial charge in [0.2, 0.25) is 0 Å². The van der Waals surface area contributed by atoms with E-state index in [1.165, 1.54) is 0 Å². The molecule has 1 saturated heterocycles. The minimum atomic E-state index is -0.214. The van der Waals surface area contributed by atoms with Crippen molar-refractivity contribution in [3.05, 3.63) is 27.2 Å². The number of aliphatic hydroxyl groups is 1. The predicted octanol–water partition coefficient (Wildman–Crippen LogP) is 3.40. The molecule has 1 fully saturated rings. The van der Waals surface area contributed by atoms with Crippen molar-refractivity contribution in [2.24, 2.45) is 0 Å². The first-order valence-electron chi connectivity index (χ1n) is 6.17. The van der Waals surface area contributed by atoms with Crippen LogP contribution >= 0.6 is 27.5 Å². The largest absolute Gasteiger partial charge is 0.394 e. The van der Waals surface area contributed by atoms with Crippen LogP contribution in [0.15, 0.2) is 16.6 Å². The predicted molar refractivity (Wildman–Crippen MR) is 79.7 cm³/mol. The van der Waals surface area contributed by atoms with E-state index in [0.29, 0.717) is 17.3 Å². The van der Waals surface area contributed by atoms with Crippen molar-refractivity contribution in [3.63, 3.8) is 0 Å². The number of urea groups is 1. The summed E-state index contributed by atoms with van der Waals surface area (Å²) >= 11 is 9.53. The summed E-state index contributed by atoms with van der Waals surface area (Å²) in [6.45, 7) is 2.60. The zero-order chi connectivity index (χ0) is 14.0. The molecule has 1 aliphatic rings. The highest BCUT2D eigenvalue weighted by Gasteiger charge is 2.28. The van der Waals surface area contributed by atoms with Crippen LogP contribution in [0.3, 0.4) is 0 Å². The molecule has 0 spiro atoms. The van der Waals surface area contributed by atoms with Gasteiger partial charge in [0.25, 0.3) is 0 Å². The minimum absolute atomic E-state index is 0.00125. The Morgan fingerprint density at radius 2 is 2.37 bits per heavy atom. The summed E-state index contributed by atoms with van der Waals surface area (Å²) in [4.78, 5) is 13.8. The second-order valence-electron chi connectivity index (χ2n) is 4.68. The molecule has 0 saturated carbocycles. The molecule has 19 heavy (non-hydrogen) atoms. The highest BCUT2D eigenvalue weighted by molar-refractivity contribution is 9.10. The van der Waals surface area contributed by atoms with Gasteiger partial charge in [0.15, 0.2) is 0 Å². The summed E-state index contributed by atoms with van der Waals surface area (Å²) < 4.78 is 0.896. The van der Waals surface area contributed by atoms with Gasteiger partial charge in [0, 0.05) is 11.0 Å². The van der Waals surface area contributed by atoms with Crippen LogP contribution in [0.4, 0.5) is 10.5 Å². The molecule has 1 aromatic rings. The number of halogens is 2. The van der Waals surface area contributed by atoms with Crippen molar-refractivity contribution in [3.8, 4) is 0 Å². The highest BCUT2D eigenvalue weighted by atomic mass is 79.9. The van der Waals surface area contributed by atoms with Crippen LogP contribution in [-0.2, 0) is 0 Å². The monoisotopic (exact) mass is 346 g/mol. The van der Waals surface area contributed by atoms with Gasteiger partial charge < -0.3 is 15.3 Å². The van der Waals surface area contributed by atoms with E-state index in [4.69, 9.17) is 11.6 Å². The van der Waals surface area contributed by atoms with Crippen LogP contribution in [0, 0.1) is 6.92 Å². The third kappa shape index (κ3) is 3.22. The molecule has 6 heteroatoms. The minimum Gasteiger partial charge on any atom is -0.394 e. The Hall–Kier alpha value is -0.780. The average Bonchev–Trinajstić information content (AvgIpc) is 2.84. The number of anilines is 1. The molecule has 0 unspecified atom stereocenters. The number of hydrogen-bond acceptors (Lipinski definition) is 2. The van der Waals surface area contributed by atoms with E-state index >= 15 is 0 Å². The molecule has 1 heterocycles. The van der Waals surface area contributed by atoms with Gasteiger partial charge in [0.1, 0.15) is 0 Å². The standard InChI is InChI=1S/C13H16BrClN2O2/c1-8-5-11(15)12(6-10(8)14)16-13(19)17-4-2-3-9(17)7-18/h5-6,9,18H,2-4,7H2,1H3,(H,16,19)/t9-/m0/s1. The van der Waals surface area contributed by atoms with Gasteiger partial charge in [-0.2, -0.15) is 0 Å². The second kappa shape index (κ2) is 6.11. The van der Waals surface area contributed by atoms with Crippen LogP contribution in [-0.4, -0.2) is 35.2 Å². The van der Waals surface area contributed by atoms with Crippen molar-refractivity contribution < 1.29 is 9.90 Å². The molecule has 1 aliphatic heterocycles. The van der Waals surface area contributed by atoms with Crippen LogP contribution in [0.1, 0.15) is 18.4 Å². The van der Waals surface area contributed by atoms with E-state index in [0.717, 1.165) is 22.9 Å². The number of nitrogens with zero attached hydrogens (tertiary/aromatic N) is 1. The summed E-state index contributed by atoms with van der Waals surface area (Å²) in [5, 5.41) is 12.5. The molecule has 1 atom stereocenters. The third-order valence-corrected chi connectivity index (χ3v) is 4.51. The number of benzene rings is 1. The maximum Gasteiger partial charge on any atom is 0.322 e. The molecule has 2 rings (SSSR count). The smallest absolute Gasteiger partial charge is 0.322 e. The van der Waals surface area contributed by atoms with Gasteiger partial charge in [-0.3, -0.25) is 0 Å². The zero-order valence-electron chi connectivity index (χ0n) is 10.6. The van der Waals surface area contributed by atoms with Crippen molar-refractivity contribution >= 4 is 39.2 Å². The lowest BCUT2D eigenvalue weighted by molar-refractivity contribution is 0.166. The topological polar surface area (TPSA) is 52.6 Å².